The predicted molar refractivity (Wildman–Crippen MR) is 58.9 cm³/mol. The molecule has 0 aliphatic carbocycles. The molecule has 0 aliphatic rings. The van der Waals surface area contributed by atoms with Gasteiger partial charge in [-0.3, -0.25) is 14.9 Å². The Morgan fingerprint density at radius 1 is 1.53 bits per heavy atom. The van der Waals surface area contributed by atoms with Gasteiger partial charge in [-0.1, -0.05) is 11.6 Å². The van der Waals surface area contributed by atoms with E-state index in [1.165, 1.54) is 0 Å². The van der Waals surface area contributed by atoms with Crippen LogP contribution in [0.3, 0.4) is 0 Å². The van der Waals surface area contributed by atoms with E-state index < -0.39 is 35.7 Å². The first kappa shape index (κ1) is 15.2. The summed E-state index contributed by atoms with van der Waals surface area (Å²) in [5, 5.41) is 12.1. The molecule has 1 heterocycles. The predicted octanol–water partition coefficient (Wildman–Crippen LogP) is 2.33. The fourth-order valence-electron chi connectivity index (χ4n) is 1.11. The lowest BCUT2D eigenvalue weighted by molar-refractivity contribution is -0.385. The number of carbonyl (C=O) groups is 1. The van der Waals surface area contributed by atoms with Gasteiger partial charge in [-0.25, -0.2) is 4.98 Å². The Hall–Kier alpha value is -1.90. The van der Waals surface area contributed by atoms with E-state index in [0.717, 1.165) is 12.3 Å². The third kappa shape index (κ3) is 4.70. The van der Waals surface area contributed by atoms with Crippen LogP contribution >= 0.6 is 11.6 Å². The first-order chi connectivity index (χ1) is 8.70. The number of alkyl halides is 3. The minimum Gasteiger partial charge on any atom is -0.352 e. The maximum Gasteiger partial charge on any atom is 0.390 e. The molecule has 10 heteroatoms. The number of halogens is 4. The summed E-state index contributed by atoms with van der Waals surface area (Å²) in [7, 11) is 0. The van der Waals surface area contributed by atoms with Gasteiger partial charge in [0.2, 0.25) is 0 Å². The van der Waals surface area contributed by atoms with Crippen molar-refractivity contribution in [2.24, 2.45) is 0 Å². The lowest BCUT2D eigenvalue weighted by Crippen LogP contribution is -2.28. The summed E-state index contributed by atoms with van der Waals surface area (Å²) < 4.78 is 35.6. The summed E-state index contributed by atoms with van der Waals surface area (Å²) >= 11 is 5.55. The minimum atomic E-state index is -4.40. The van der Waals surface area contributed by atoms with E-state index >= 15 is 0 Å². The van der Waals surface area contributed by atoms with Gasteiger partial charge in [0.25, 0.3) is 11.6 Å². The Morgan fingerprint density at radius 2 is 2.16 bits per heavy atom. The Kier molecular flexibility index (Phi) is 4.65. The first-order valence-corrected chi connectivity index (χ1v) is 5.23. The molecule has 1 aromatic heterocycles. The second-order valence-corrected chi connectivity index (χ2v) is 3.77. The molecule has 0 saturated heterocycles. The Bertz CT molecular complexity index is 507. The molecule has 0 bridgehead atoms. The number of nitrogens with one attached hydrogen (secondary N) is 1. The average molecular weight is 298 g/mol. The van der Waals surface area contributed by atoms with Crippen molar-refractivity contribution >= 4 is 23.2 Å². The lowest BCUT2D eigenvalue weighted by Gasteiger charge is -2.08. The summed E-state index contributed by atoms with van der Waals surface area (Å²) in [6, 6.07) is 0.845. The number of hydrogen-bond donors (Lipinski definition) is 1. The van der Waals surface area contributed by atoms with Crippen LogP contribution in [0.5, 0.6) is 0 Å². The van der Waals surface area contributed by atoms with Gasteiger partial charge in [0.1, 0.15) is 11.3 Å². The lowest BCUT2D eigenvalue weighted by atomic mass is 10.2. The SMILES string of the molecule is O=C(NCCC(F)(F)F)c1cc([N+](=O)[O-])cnc1Cl. The normalized spacial score (nSPS) is 11.2. The van der Waals surface area contributed by atoms with Gasteiger partial charge in [0, 0.05) is 12.6 Å². The summed E-state index contributed by atoms with van der Waals surface area (Å²) in [6.45, 7) is -0.651. The van der Waals surface area contributed by atoms with Crippen LogP contribution in [0.2, 0.25) is 5.15 Å². The molecule has 0 unspecified atom stereocenters. The molecule has 1 amide bonds. The van der Waals surface area contributed by atoms with E-state index in [-0.39, 0.29) is 10.7 Å². The maximum absolute atomic E-state index is 11.9. The number of pyridine rings is 1. The summed E-state index contributed by atoms with van der Waals surface area (Å²) in [5.74, 6) is -0.953. The number of amides is 1. The molecule has 6 nitrogen and oxygen atoms in total. The first-order valence-electron chi connectivity index (χ1n) is 4.85. The van der Waals surface area contributed by atoms with Crippen LogP contribution in [-0.2, 0) is 0 Å². The number of carbonyl (C=O) groups excluding carboxylic acids is 1. The second-order valence-electron chi connectivity index (χ2n) is 3.41. The third-order valence-electron chi connectivity index (χ3n) is 1.97. The molecule has 0 radical (unpaired) electrons. The summed E-state index contributed by atoms with van der Waals surface area (Å²) in [6.07, 6.45) is -4.77. The zero-order chi connectivity index (χ0) is 14.6. The van der Waals surface area contributed by atoms with E-state index in [9.17, 15) is 28.1 Å². The van der Waals surface area contributed by atoms with E-state index in [2.05, 4.69) is 4.98 Å². The van der Waals surface area contributed by atoms with Crippen molar-refractivity contribution in [3.05, 3.63) is 33.1 Å². The van der Waals surface area contributed by atoms with Crippen LogP contribution in [0.15, 0.2) is 12.3 Å². The molecule has 0 atom stereocenters. The van der Waals surface area contributed by atoms with Crippen molar-refractivity contribution < 1.29 is 22.9 Å². The molecule has 1 N–H and O–H groups in total. The van der Waals surface area contributed by atoms with Crippen LogP contribution in [-0.4, -0.2) is 28.5 Å². The van der Waals surface area contributed by atoms with Gasteiger partial charge in [0.05, 0.1) is 16.9 Å². The largest absolute Gasteiger partial charge is 0.390 e. The highest BCUT2D eigenvalue weighted by Gasteiger charge is 2.27. The standard InChI is InChI=1S/C9H7ClF3N3O3/c10-7-6(3-5(4-15-7)16(18)19)8(17)14-2-1-9(11,12)13/h3-4H,1-2H2,(H,14,17). The topological polar surface area (TPSA) is 85.1 Å². The molecule has 0 spiro atoms. The second kappa shape index (κ2) is 5.83. The Morgan fingerprint density at radius 3 is 2.68 bits per heavy atom. The molecule has 0 fully saturated rings. The van der Waals surface area contributed by atoms with Gasteiger partial charge in [-0.15, -0.1) is 0 Å². The zero-order valence-electron chi connectivity index (χ0n) is 9.20. The van der Waals surface area contributed by atoms with E-state index in [1.54, 1.807) is 0 Å². The highest BCUT2D eigenvalue weighted by molar-refractivity contribution is 6.32. The fraction of sp³-hybridized carbons (Fsp3) is 0.333. The number of rotatable bonds is 4. The fourth-order valence-corrected chi connectivity index (χ4v) is 1.30. The molecular weight excluding hydrogens is 291 g/mol. The van der Waals surface area contributed by atoms with Gasteiger partial charge in [-0.2, -0.15) is 13.2 Å². The van der Waals surface area contributed by atoms with Crippen LogP contribution < -0.4 is 5.32 Å². The maximum atomic E-state index is 11.9. The van der Waals surface area contributed by atoms with Crippen molar-refractivity contribution in [3.63, 3.8) is 0 Å². The smallest absolute Gasteiger partial charge is 0.352 e. The van der Waals surface area contributed by atoms with E-state index in [0.29, 0.717) is 0 Å². The van der Waals surface area contributed by atoms with Crippen molar-refractivity contribution in [2.75, 3.05) is 6.54 Å². The Labute approximate surface area is 109 Å². The molecule has 0 aromatic carbocycles. The van der Waals surface area contributed by atoms with Crippen molar-refractivity contribution in [1.82, 2.24) is 10.3 Å². The quantitative estimate of drug-likeness (QED) is 0.525. The average Bonchev–Trinajstić information content (AvgIpc) is 2.27. The van der Waals surface area contributed by atoms with Crippen LogP contribution in [0.1, 0.15) is 16.8 Å². The monoisotopic (exact) mass is 297 g/mol. The highest BCUT2D eigenvalue weighted by Crippen LogP contribution is 2.20. The zero-order valence-corrected chi connectivity index (χ0v) is 9.96. The van der Waals surface area contributed by atoms with Gasteiger partial charge >= 0.3 is 6.18 Å². The van der Waals surface area contributed by atoms with Crippen molar-refractivity contribution in [3.8, 4) is 0 Å². The van der Waals surface area contributed by atoms with Gasteiger partial charge < -0.3 is 5.32 Å². The highest BCUT2D eigenvalue weighted by atomic mass is 35.5. The van der Waals surface area contributed by atoms with Crippen LogP contribution in [0.4, 0.5) is 18.9 Å². The number of nitrogens with zero attached hydrogens (tertiary/aromatic N) is 2. The van der Waals surface area contributed by atoms with Gasteiger partial charge in [0.15, 0.2) is 0 Å². The molecule has 0 saturated carbocycles. The van der Waals surface area contributed by atoms with Crippen LogP contribution in [0, 0.1) is 10.1 Å². The Balaban J connectivity index is 2.76. The van der Waals surface area contributed by atoms with Crippen LogP contribution in [0.25, 0.3) is 0 Å². The number of hydrogen-bond acceptors (Lipinski definition) is 4. The third-order valence-corrected chi connectivity index (χ3v) is 2.28. The van der Waals surface area contributed by atoms with E-state index in [1.807, 2.05) is 5.32 Å². The molecular formula is C9H7ClF3N3O3. The summed E-state index contributed by atoms with van der Waals surface area (Å²) in [4.78, 5) is 24.6. The number of aromatic nitrogens is 1. The minimum absolute atomic E-state index is 0.324. The molecule has 104 valence electrons. The molecule has 19 heavy (non-hydrogen) atoms. The number of nitro groups is 1. The molecule has 1 rings (SSSR count). The summed E-state index contributed by atoms with van der Waals surface area (Å²) in [5.41, 5.74) is -0.830. The van der Waals surface area contributed by atoms with Crippen molar-refractivity contribution in [2.45, 2.75) is 12.6 Å². The molecule has 0 aliphatic heterocycles. The molecule has 1 aromatic rings. The van der Waals surface area contributed by atoms with E-state index in [4.69, 9.17) is 11.6 Å². The van der Waals surface area contributed by atoms with Crippen molar-refractivity contribution in [1.29, 1.82) is 0 Å². The van der Waals surface area contributed by atoms with Gasteiger partial charge in [-0.05, 0) is 0 Å².